The first-order chi connectivity index (χ1) is 9.97. The number of anilines is 2. The van der Waals surface area contributed by atoms with Crippen LogP contribution in [-0.4, -0.2) is 11.0 Å². The molecule has 0 radical (unpaired) electrons. The third-order valence-electron chi connectivity index (χ3n) is 3.18. The van der Waals surface area contributed by atoms with Crippen LogP contribution in [0.3, 0.4) is 0 Å². The molecule has 4 nitrogen and oxygen atoms in total. The molecule has 0 unspecified atom stereocenters. The molecule has 7 heteroatoms. The van der Waals surface area contributed by atoms with Gasteiger partial charge < -0.3 is 0 Å². The minimum absolute atomic E-state index is 0.322. The number of nitrogens with zero attached hydrogens (tertiary/aromatic N) is 2. The van der Waals surface area contributed by atoms with Crippen LogP contribution in [0.2, 0.25) is 15.1 Å². The smallest absolute Gasteiger partial charge is 0.184 e. The summed E-state index contributed by atoms with van der Waals surface area (Å²) in [6.45, 7) is 1.90. The lowest BCUT2D eigenvalue weighted by atomic mass is 10.1. The Morgan fingerprint density at radius 1 is 1.05 bits per heavy atom. The Morgan fingerprint density at radius 2 is 1.76 bits per heavy atom. The molecule has 0 saturated heterocycles. The molecule has 0 saturated carbocycles. The summed E-state index contributed by atoms with van der Waals surface area (Å²) in [6, 6.07) is 8.59. The summed E-state index contributed by atoms with van der Waals surface area (Å²) >= 11 is 18.1. The molecule has 1 heterocycles. The van der Waals surface area contributed by atoms with Crippen molar-refractivity contribution in [1.82, 2.24) is 0 Å². The molecule has 0 atom stereocenters. The molecule has 2 N–H and O–H groups in total. The van der Waals surface area contributed by atoms with Crippen molar-refractivity contribution in [3.8, 4) is 0 Å². The van der Waals surface area contributed by atoms with Crippen molar-refractivity contribution in [3.05, 3.63) is 56.5 Å². The Morgan fingerprint density at radius 3 is 2.48 bits per heavy atom. The maximum Gasteiger partial charge on any atom is 0.184 e. The maximum atomic E-state index is 10.4. The van der Waals surface area contributed by atoms with Gasteiger partial charge in [-0.05, 0) is 30.7 Å². The van der Waals surface area contributed by atoms with Crippen LogP contribution < -0.4 is 10.5 Å². The highest BCUT2D eigenvalue weighted by Crippen LogP contribution is 2.37. The fourth-order valence-corrected chi connectivity index (χ4v) is 2.50. The third kappa shape index (κ3) is 2.56. The summed E-state index contributed by atoms with van der Waals surface area (Å²) in [5, 5.41) is 16.8. The Hall–Kier alpha value is -1.46. The summed E-state index contributed by atoms with van der Waals surface area (Å²) in [6.07, 6.45) is 0. The fourth-order valence-electron chi connectivity index (χ4n) is 1.99. The Kier molecular flexibility index (Phi) is 3.71. The molecule has 0 bridgehead atoms. The summed E-state index contributed by atoms with van der Waals surface area (Å²) in [5.41, 5.74) is 5.50. The molecular weight excluding hydrogens is 333 g/mol. The Balaban J connectivity index is 2.05. The minimum atomic E-state index is 0.322. The summed E-state index contributed by atoms with van der Waals surface area (Å²) < 4.78 is 0. The van der Waals surface area contributed by atoms with E-state index in [9.17, 15) is 5.21 Å². The molecule has 2 aromatic carbocycles. The summed E-state index contributed by atoms with van der Waals surface area (Å²) in [4.78, 5) is 0. The zero-order valence-corrected chi connectivity index (χ0v) is 13.1. The van der Waals surface area contributed by atoms with Crippen LogP contribution in [0.15, 0.2) is 35.4 Å². The van der Waals surface area contributed by atoms with Gasteiger partial charge in [0, 0.05) is 10.6 Å². The number of benzene rings is 2. The number of hydrazone groups is 1. The number of amidine groups is 1. The van der Waals surface area contributed by atoms with E-state index in [0.29, 0.717) is 37.8 Å². The van der Waals surface area contributed by atoms with Gasteiger partial charge >= 0.3 is 0 Å². The van der Waals surface area contributed by atoms with E-state index < -0.39 is 0 Å². The van der Waals surface area contributed by atoms with E-state index in [-0.39, 0.29) is 0 Å². The van der Waals surface area contributed by atoms with Crippen LogP contribution in [0.5, 0.6) is 0 Å². The molecule has 1 aliphatic rings. The van der Waals surface area contributed by atoms with Gasteiger partial charge in [-0.3, -0.25) is 10.6 Å². The second-order valence-corrected chi connectivity index (χ2v) is 5.83. The number of rotatable bonds is 1. The standard InChI is InChI=1S/C14H10Cl3N3O/c1-7-2-3-8(4-9(7)15)14-19-18-12-5-10(16)11(17)6-13(12)20(14)21/h2-6,18,21H,1H3. The van der Waals surface area contributed by atoms with Crippen molar-refractivity contribution in [2.75, 3.05) is 10.5 Å². The first kappa shape index (κ1) is 14.5. The van der Waals surface area contributed by atoms with Gasteiger partial charge in [-0.1, -0.05) is 46.9 Å². The lowest BCUT2D eigenvalue weighted by Crippen LogP contribution is -2.32. The normalized spacial score (nSPS) is 13.6. The lowest BCUT2D eigenvalue weighted by molar-refractivity contribution is 0.312. The number of nitrogens with one attached hydrogen (secondary N) is 1. The van der Waals surface area contributed by atoms with E-state index >= 15 is 0 Å². The zero-order valence-electron chi connectivity index (χ0n) is 10.9. The van der Waals surface area contributed by atoms with Crippen molar-refractivity contribution in [1.29, 1.82) is 0 Å². The highest BCUT2D eigenvalue weighted by atomic mass is 35.5. The molecule has 0 amide bonds. The number of halogens is 3. The minimum Gasteiger partial charge on any atom is -0.282 e. The number of hydrogen-bond acceptors (Lipinski definition) is 4. The molecule has 0 aliphatic carbocycles. The molecule has 0 aromatic heterocycles. The van der Waals surface area contributed by atoms with E-state index in [2.05, 4.69) is 10.5 Å². The molecule has 2 aromatic rings. The fraction of sp³-hybridized carbons (Fsp3) is 0.0714. The molecule has 3 rings (SSSR count). The molecule has 108 valence electrons. The monoisotopic (exact) mass is 341 g/mol. The van der Waals surface area contributed by atoms with Gasteiger partial charge in [0.1, 0.15) is 0 Å². The Bertz CT molecular complexity index is 761. The van der Waals surface area contributed by atoms with Gasteiger partial charge in [0.2, 0.25) is 0 Å². The van der Waals surface area contributed by atoms with Crippen molar-refractivity contribution >= 4 is 52.0 Å². The van der Waals surface area contributed by atoms with Crippen molar-refractivity contribution in [2.45, 2.75) is 6.92 Å². The largest absolute Gasteiger partial charge is 0.282 e. The van der Waals surface area contributed by atoms with Crippen molar-refractivity contribution in [3.63, 3.8) is 0 Å². The highest BCUT2D eigenvalue weighted by Gasteiger charge is 2.23. The number of hydroxylamine groups is 1. The topological polar surface area (TPSA) is 47.9 Å². The molecule has 1 aliphatic heterocycles. The highest BCUT2D eigenvalue weighted by molar-refractivity contribution is 6.42. The molecule has 0 fully saturated rings. The van der Waals surface area contributed by atoms with E-state index in [4.69, 9.17) is 34.8 Å². The van der Waals surface area contributed by atoms with Crippen LogP contribution in [0, 0.1) is 6.92 Å². The lowest BCUT2D eigenvalue weighted by Gasteiger charge is -2.26. The van der Waals surface area contributed by atoms with E-state index in [1.165, 1.54) is 0 Å². The van der Waals surface area contributed by atoms with Gasteiger partial charge in [-0.2, -0.15) is 5.10 Å². The zero-order chi connectivity index (χ0) is 15.1. The van der Waals surface area contributed by atoms with E-state index in [0.717, 1.165) is 10.6 Å². The summed E-state index contributed by atoms with van der Waals surface area (Å²) in [5.74, 6) is 0.322. The second kappa shape index (κ2) is 5.39. The van der Waals surface area contributed by atoms with Crippen LogP contribution in [0.1, 0.15) is 11.1 Å². The van der Waals surface area contributed by atoms with E-state index in [1.54, 1.807) is 18.2 Å². The predicted molar refractivity (Wildman–Crippen MR) is 87.1 cm³/mol. The first-order valence-electron chi connectivity index (χ1n) is 6.05. The Labute approximate surface area is 136 Å². The predicted octanol–water partition coefficient (Wildman–Crippen LogP) is 4.94. The number of aryl methyl sites for hydroxylation is 1. The van der Waals surface area contributed by atoms with E-state index in [1.807, 2.05) is 19.1 Å². The van der Waals surface area contributed by atoms with Gasteiger partial charge in [-0.25, -0.2) is 5.06 Å². The maximum absolute atomic E-state index is 10.4. The van der Waals surface area contributed by atoms with Crippen LogP contribution in [-0.2, 0) is 0 Å². The quantitative estimate of drug-likeness (QED) is 0.772. The van der Waals surface area contributed by atoms with Gasteiger partial charge in [0.15, 0.2) is 5.84 Å². The van der Waals surface area contributed by atoms with Crippen LogP contribution in [0.4, 0.5) is 11.4 Å². The SMILES string of the molecule is Cc1ccc(C2=NNc3cc(Cl)c(Cl)cc3N2O)cc1Cl. The molecular formula is C14H10Cl3N3O. The van der Waals surface area contributed by atoms with Gasteiger partial charge in [-0.15, -0.1) is 0 Å². The number of fused-ring (bicyclic) bond motifs is 1. The van der Waals surface area contributed by atoms with Gasteiger partial charge in [0.25, 0.3) is 0 Å². The van der Waals surface area contributed by atoms with Crippen LogP contribution >= 0.6 is 34.8 Å². The van der Waals surface area contributed by atoms with Crippen LogP contribution in [0.25, 0.3) is 0 Å². The number of hydrogen-bond donors (Lipinski definition) is 2. The molecule has 0 spiro atoms. The second-order valence-electron chi connectivity index (χ2n) is 4.61. The summed E-state index contributed by atoms with van der Waals surface area (Å²) in [7, 11) is 0. The molecule has 21 heavy (non-hydrogen) atoms. The first-order valence-corrected chi connectivity index (χ1v) is 7.19. The average Bonchev–Trinajstić information content (AvgIpc) is 2.45. The van der Waals surface area contributed by atoms with Crippen molar-refractivity contribution in [2.24, 2.45) is 5.10 Å². The third-order valence-corrected chi connectivity index (χ3v) is 4.31. The van der Waals surface area contributed by atoms with Crippen molar-refractivity contribution < 1.29 is 5.21 Å². The van der Waals surface area contributed by atoms with Gasteiger partial charge in [0.05, 0.1) is 21.4 Å². The average molecular weight is 343 g/mol.